The molecular formula is C22H37N7O3. The molecule has 3 rings (SSSR count). The molecule has 1 amide bonds. The minimum absolute atomic E-state index is 0.180. The molecule has 2 aromatic heterocycles. The van der Waals surface area contributed by atoms with Crippen LogP contribution in [0.25, 0.3) is 11.0 Å². The lowest BCUT2D eigenvalue weighted by Gasteiger charge is -2.36. The summed E-state index contributed by atoms with van der Waals surface area (Å²) in [6.45, 7) is 15.1. The van der Waals surface area contributed by atoms with Gasteiger partial charge in [-0.2, -0.15) is 5.10 Å². The van der Waals surface area contributed by atoms with E-state index in [0.29, 0.717) is 42.5 Å². The van der Waals surface area contributed by atoms with Crippen molar-refractivity contribution >= 4 is 22.9 Å². The van der Waals surface area contributed by atoms with Gasteiger partial charge in [0.1, 0.15) is 12.1 Å². The molecule has 0 unspecified atom stereocenters. The first-order chi connectivity index (χ1) is 15.0. The summed E-state index contributed by atoms with van der Waals surface area (Å²) in [4.78, 5) is 38.6. The molecule has 10 heteroatoms. The fraction of sp³-hybridized carbons (Fsp3) is 0.727. The van der Waals surface area contributed by atoms with Gasteiger partial charge in [-0.15, -0.1) is 0 Å². The van der Waals surface area contributed by atoms with Crippen LogP contribution in [0.3, 0.4) is 0 Å². The first kappa shape index (κ1) is 24.2. The Morgan fingerprint density at radius 1 is 1.22 bits per heavy atom. The lowest BCUT2D eigenvalue weighted by molar-refractivity contribution is -0.135. The highest BCUT2D eigenvalue weighted by atomic mass is 16.3. The number of aliphatic hydroxyl groups is 1. The van der Waals surface area contributed by atoms with Crippen LogP contribution in [0.2, 0.25) is 0 Å². The number of nitrogens with one attached hydrogen (secondary N) is 1. The molecule has 32 heavy (non-hydrogen) atoms. The minimum atomic E-state index is -0.436. The maximum Gasteiger partial charge on any atom is 0.278 e. The van der Waals surface area contributed by atoms with Crippen molar-refractivity contribution in [1.82, 2.24) is 29.5 Å². The van der Waals surface area contributed by atoms with Crippen molar-refractivity contribution in [3.05, 3.63) is 16.0 Å². The summed E-state index contributed by atoms with van der Waals surface area (Å²) in [5.74, 6) is 0.752. The maximum atomic E-state index is 12.9. The van der Waals surface area contributed by atoms with E-state index in [2.05, 4.69) is 54.5 Å². The second kappa shape index (κ2) is 9.58. The standard InChI is InChI=1S/C22H37N7O3/c1-15(2)13-29(12-9-27-7-10-28(11-8-27)16(31)14-30)21-23-17-18(20(32)24-21)26(6)25-19(17)22(3,4)5/h15,30H,7-14H2,1-6H3,(H,23,24,32). The van der Waals surface area contributed by atoms with Gasteiger partial charge in [0.2, 0.25) is 11.9 Å². The van der Waals surface area contributed by atoms with Crippen molar-refractivity contribution in [1.29, 1.82) is 0 Å². The number of nitrogens with zero attached hydrogens (tertiary/aromatic N) is 6. The van der Waals surface area contributed by atoms with Crippen molar-refractivity contribution in [3.8, 4) is 0 Å². The van der Waals surface area contributed by atoms with Gasteiger partial charge in [-0.3, -0.25) is 24.2 Å². The minimum Gasteiger partial charge on any atom is -0.387 e. The zero-order chi connectivity index (χ0) is 23.6. The molecule has 10 nitrogen and oxygen atoms in total. The first-order valence-electron chi connectivity index (χ1n) is 11.3. The van der Waals surface area contributed by atoms with Gasteiger partial charge in [-0.05, 0) is 5.92 Å². The van der Waals surface area contributed by atoms with Crippen LogP contribution >= 0.6 is 0 Å². The van der Waals surface area contributed by atoms with Crippen LogP contribution in [0, 0.1) is 5.92 Å². The van der Waals surface area contributed by atoms with Crippen LogP contribution in [0.5, 0.6) is 0 Å². The van der Waals surface area contributed by atoms with Crippen LogP contribution in [-0.4, -0.2) is 93.0 Å². The summed E-state index contributed by atoms with van der Waals surface area (Å²) < 4.78 is 1.62. The van der Waals surface area contributed by atoms with Gasteiger partial charge in [-0.25, -0.2) is 4.98 Å². The third-order valence-corrected chi connectivity index (χ3v) is 5.82. The third-order valence-electron chi connectivity index (χ3n) is 5.82. The summed E-state index contributed by atoms with van der Waals surface area (Å²) in [6, 6.07) is 0. The van der Waals surface area contributed by atoms with E-state index in [9.17, 15) is 9.59 Å². The molecule has 0 aromatic carbocycles. The zero-order valence-corrected chi connectivity index (χ0v) is 20.2. The highest BCUT2D eigenvalue weighted by Gasteiger charge is 2.26. The number of piperazine rings is 1. The number of aliphatic hydroxyl groups excluding tert-OH is 1. The van der Waals surface area contributed by atoms with Crippen LogP contribution in [0.1, 0.15) is 40.3 Å². The first-order valence-corrected chi connectivity index (χ1v) is 11.3. The van der Waals surface area contributed by atoms with E-state index in [1.165, 1.54) is 0 Å². The lowest BCUT2D eigenvalue weighted by Crippen LogP contribution is -2.51. The molecule has 0 aliphatic carbocycles. The Balaban J connectivity index is 1.82. The predicted molar refractivity (Wildman–Crippen MR) is 125 cm³/mol. The largest absolute Gasteiger partial charge is 0.387 e. The summed E-state index contributed by atoms with van der Waals surface area (Å²) in [5, 5.41) is 13.6. The van der Waals surface area contributed by atoms with E-state index < -0.39 is 6.61 Å². The van der Waals surface area contributed by atoms with E-state index >= 15 is 0 Å². The molecule has 2 aromatic rings. The molecule has 1 fully saturated rings. The van der Waals surface area contributed by atoms with Gasteiger partial charge in [0, 0.05) is 58.3 Å². The molecule has 2 N–H and O–H groups in total. The number of fused-ring (bicyclic) bond motifs is 1. The van der Waals surface area contributed by atoms with Crippen LogP contribution in [0.15, 0.2) is 4.79 Å². The van der Waals surface area contributed by atoms with Gasteiger partial charge < -0.3 is 14.9 Å². The number of H-pyrrole nitrogens is 1. The van der Waals surface area contributed by atoms with Crippen molar-refractivity contribution in [2.45, 2.75) is 40.0 Å². The monoisotopic (exact) mass is 447 g/mol. The van der Waals surface area contributed by atoms with Crippen molar-refractivity contribution < 1.29 is 9.90 Å². The Hall–Kier alpha value is -2.46. The van der Waals surface area contributed by atoms with E-state index in [0.717, 1.165) is 31.9 Å². The molecule has 1 aliphatic rings. The number of rotatable bonds is 7. The maximum absolute atomic E-state index is 12.9. The number of hydrogen-bond donors (Lipinski definition) is 2. The quantitative estimate of drug-likeness (QED) is 0.638. The molecule has 178 valence electrons. The van der Waals surface area contributed by atoms with Gasteiger partial charge in [0.15, 0.2) is 5.52 Å². The van der Waals surface area contributed by atoms with E-state index in [-0.39, 0.29) is 16.9 Å². The number of amides is 1. The SMILES string of the molecule is CC(C)CN(CCN1CCN(C(=O)CO)CC1)c1nc2c(C(C)(C)C)nn(C)c2c(=O)[nH]1. The summed E-state index contributed by atoms with van der Waals surface area (Å²) in [6.07, 6.45) is 0. The Morgan fingerprint density at radius 2 is 1.88 bits per heavy atom. The number of anilines is 1. The van der Waals surface area contributed by atoms with Gasteiger partial charge in [-0.1, -0.05) is 34.6 Å². The fourth-order valence-electron chi connectivity index (χ4n) is 4.13. The predicted octanol–water partition coefficient (Wildman–Crippen LogP) is 0.553. The Labute approximate surface area is 189 Å². The number of carbonyl (C=O) groups excluding carboxylic acids is 1. The normalized spacial score (nSPS) is 15.7. The fourth-order valence-corrected chi connectivity index (χ4v) is 4.13. The van der Waals surface area contributed by atoms with Gasteiger partial charge in [0.05, 0.1) is 5.69 Å². The average molecular weight is 448 g/mol. The molecule has 1 saturated heterocycles. The zero-order valence-electron chi connectivity index (χ0n) is 20.2. The lowest BCUT2D eigenvalue weighted by atomic mass is 9.91. The topological polar surface area (TPSA) is 111 Å². The number of aryl methyl sites for hydroxylation is 1. The molecule has 0 atom stereocenters. The van der Waals surface area contributed by atoms with Crippen molar-refractivity contribution in [3.63, 3.8) is 0 Å². The number of aromatic amines is 1. The molecule has 1 aliphatic heterocycles. The Morgan fingerprint density at radius 3 is 2.44 bits per heavy atom. The van der Waals surface area contributed by atoms with Crippen LogP contribution < -0.4 is 10.5 Å². The van der Waals surface area contributed by atoms with Crippen LogP contribution in [0.4, 0.5) is 5.95 Å². The molecule has 0 radical (unpaired) electrons. The van der Waals surface area contributed by atoms with E-state index in [4.69, 9.17) is 10.1 Å². The highest BCUT2D eigenvalue weighted by Crippen LogP contribution is 2.27. The second-order valence-electron chi connectivity index (χ2n) is 10.0. The van der Waals surface area contributed by atoms with Crippen molar-refractivity contribution in [2.75, 3.05) is 57.3 Å². The Bertz CT molecular complexity index is 997. The Kier molecular flexibility index (Phi) is 7.24. The molecule has 0 bridgehead atoms. The van der Waals surface area contributed by atoms with E-state index in [1.54, 1.807) is 16.6 Å². The van der Waals surface area contributed by atoms with Crippen molar-refractivity contribution in [2.24, 2.45) is 13.0 Å². The number of aromatic nitrogens is 4. The summed E-state index contributed by atoms with van der Waals surface area (Å²) in [5.41, 5.74) is 1.56. The smallest absolute Gasteiger partial charge is 0.278 e. The van der Waals surface area contributed by atoms with E-state index in [1.807, 2.05) is 0 Å². The summed E-state index contributed by atoms with van der Waals surface area (Å²) in [7, 11) is 1.78. The third kappa shape index (κ3) is 5.29. The molecule has 0 saturated carbocycles. The number of carbonyl (C=O) groups is 1. The second-order valence-corrected chi connectivity index (χ2v) is 10.0. The average Bonchev–Trinajstić information content (AvgIpc) is 3.08. The highest BCUT2D eigenvalue weighted by molar-refractivity contribution is 5.79. The molecular weight excluding hydrogens is 410 g/mol. The van der Waals surface area contributed by atoms with Gasteiger partial charge >= 0.3 is 0 Å². The molecule has 0 spiro atoms. The summed E-state index contributed by atoms with van der Waals surface area (Å²) >= 11 is 0. The van der Waals surface area contributed by atoms with Crippen LogP contribution in [-0.2, 0) is 17.3 Å². The molecule has 3 heterocycles. The van der Waals surface area contributed by atoms with Gasteiger partial charge in [0.25, 0.3) is 5.56 Å². The number of hydrogen-bond acceptors (Lipinski definition) is 7.